The van der Waals surface area contributed by atoms with E-state index in [0.29, 0.717) is 11.5 Å². The fourth-order valence-electron chi connectivity index (χ4n) is 1.77. The summed E-state index contributed by atoms with van der Waals surface area (Å²) in [7, 11) is 0. The summed E-state index contributed by atoms with van der Waals surface area (Å²) >= 11 is 4.32. The van der Waals surface area contributed by atoms with Gasteiger partial charge in [-0.05, 0) is 87.5 Å². The van der Waals surface area contributed by atoms with Crippen LogP contribution in [0, 0.1) is 7.14 Å². The maximum atomic E-state index is 10.9. The molecule has 2 aromatic rings. The van der Waals surface area contributed by atoms with Crippen molar-refractivity contribution >= 4 is 51.2 Å². The fraction of sp³-hybridized carbons (Fsp3) is 0.133. The third-order valence-corrected chi connectivity index (χ3v) is 6.28. The van der Waals surface area contributed by atoms with Crippen molar-refractivity contribution in [3.63, 3.8) is 0 Å². The number of carboxylic acid groups (broad SMARTS) is 1. The number of aliphatic carboxylic acids is 1. The third kappa shape index (κ3) is 4.23. The number of phenolic OH excluding ortho intramolecular Hbond substituents is 1. The van der Waals surface area contributed by atoms with Crippen LogP contribution in [0.5, 0.6) is 17.2 Å². The monoisotopic (exact) mass is 525 g/mol. The Morgan fingerprint density at radius 2 is 1.77 bits per heavy atom. The van der Waals surface area contributed by atoms with E-state index in [1.807, 2.05) is 6.07 Å². The molecule has 0 spiro atoms. The first-order chi connectivity index (χ1) is 10.4. The van der Waals surface area contributed by atoms with Crippen molar-refractivity contribution in [2.45, 2.75) is 12.5 Å². The average molecular weight is 525 g/mol. The molecule has 0 bridgehead atoms. The van der Waals surface area contributed by atoms with Crippen LogP contribution in [-0.2, 0) is 11.2 Å². The van der Waals surface area contributed by atoms with E-state index in [9.17, 15) is 9.90 Å². The first-order valence-electron chi connectivity index (χ1n) is 6.30. The van der Waals surface area contributed by atoms with Gasteiger partial charge >= 0.3 is 5.97 Å². The highest BCUT2D eigenvalue weighted by atomic mass is 127. The van der Waals surface area contributed by atoms with Crippen LogP contribution >= 0.6 is 45.2 Å². The van der Waals surface area contributed by atoms with Gasteiger partial charge in [0.25, 0.3) is 0 Å². The lowest BCUT2D eigenvalue weighted by Gasteiger charge is -2.14. The number of carbonyl (C=O) groups is 1. The van der Waals surface area contributed by atoms with Crippen LogP contribution in [0.2, 0.25) is 0 Å². The molecule has 5 nitrogen and oxygen atoms in total. The van der Waals surface area contributed by atoms with Crippen LogP contribution in [0.15, 0.2) is 36.4 Å². The largest absolute Gasteiger partial charge is 0.508 e. The van der Waals surface area contributed by atoms with Crippen LogP contribution in [0.1, 0.15) is 5.56 Å². The highest BCUT2D eigenvalue weighted by molar-refractivity contribution is 14.1. The summed E-state index contributed by atoms with van der Waals surface area (Å²) in [6, 6.07) is 9.14. The van der Waals surface area contributed by atoms with Crippen LogP contribution in [0.4, 0.5) is 0 Å². The molecule has 2 aromatic carbocycles. The summed E-state index contributed by atoms with van der Waals surface area (Å²) < 4.78 is 7.59. The molecule has 7 heteroatoms. The second-order valence-corrected chi connectivity index (χ2v) is 6.75. The minimum absolute atomic E-state index is 0.176. The lowest BCUT2D eigenvalue weighted by molar-refractivity contribution is -0.138. The summed E-state index contributed by atoms with van der Waals surface area (Å²) in [6.45, 7) is 0. The quantitative estimate of drug-likeness (QED) is 0.522. The minimum Gasteiger partial charge on any atom is -0.508 e. The molecule has 0 fully saturated rings. The van der Waals surface area contributed by atoms with Gasteiger partial charge in [0.1, 0.15) is 23.3 Å². The van der Waals surface area contributed by atoms with Crippen LogP contribution in [-0.4, -0.2) is 22.2 Å². The van der Waals surface area contributed by atoms with E-state index in [-0.39, 0.29) is 12.2 Å². The van der Waals surface area contributed by atoms with Gasteiger partial charge in [-0.3, -0.25) is 4.79 Å². The van der Waals surface area contributed by atoms with Gasteiger partial charge < -0.3 is 20.7 Å². The Morgan fingerprint density at radius 1 is 1.14 bits per heavy atom. The Bertz CT molecular complexity index is 689. The average Bonchev–Trinajstić information content (AvgIpc) is 2.48. The number of rotatable bonds is 5. The number of nitrogens with two attached hydrogens (primary N) is 1. The number of halogens is 2. The molecule has 0 amide bonds. The SMILES string of the molecule is NC(Cc1ccc(Oc2ccc(O)cc2)c(I)c1I)C(=O)O. The summed E-state index contributed by atoms with van der Waals surface area (Å²) in [5, 5.41) is 18.2. The number of carboxylic acids is 1. The highest BCUT2D eigenvalue weighted by Gasteiger charge is 2.17. The number of hydrogen-bond donors (Lipinski definition) is 3. The van der Waals surface area contributed by atoms with Crippen molar-refractivity contribution in [3.05, 3.63) is 49.1 Å². The van der Waals surface area contributed by atoms with E-state index in [4.69, 9.17) is 15.6 Å². The van der Waals surface area contributed by atoms with Crippen molar-refractivity contribution < 1.29 is 19.7 Å². The van der Waals surface area contributed by atoms with Crippen molar-refractivity contribution in [2.24, 2.45) is 5.73 Å². The van der Waals surface area contributed by atoms with Crippen LogP contribution in [0.3, 0.4) is 0 Å². The molecule has 116 valence electrons. The summed E-state index contributed by atoms with van der Waals surface area (Å²) in [4.78, 5) is 10.9. The number of aromatic hydroxyl groups is 1. The van der Waals surface area contributed by atoms with Crippen molar-refractivity contribution in [1.82, 2.24) is 0 Å². The molecule has 0 aliphatic carbocycles. The Kier molecular flexibility index (Phi) is 5.87. The van der Waals surface area contributed by atoms with Crippen molar-refractivity contribution in [2.75, 3.05) is 0 Å². The smallest absolute Gasteiger partial charge is 0.320 e. The Morgan fingerprint density at radius 3 is 2.36 bits per heavy atom. The zero-order chi connectivity index (χ0) is 16.3. The van der Waals surface area contributed by atoms with Crippen LogP contribution in [0.25, 0.3) is 0 Å². The lowest BCUT2D eigenvalue weighted by Crippen LogP contribution is -2.32. The molecule has 0 aliphatic heterocycles. The Hall–Kier alpha value is -1.07. The molecule has 0 radical (unpaired) electrons. The van der Waals surface area contributed by atoms with Crippen molar-refractivity contribution in [3.8, 4) is 17.2 Å². The molecule has 4 N–H and O–H groups in total. The van der Waals surface area contributed by atoms with Gasteiger partial charge in [0.2, 0.25) is 0 Å². The Balaban J connectivity index is 2.22. The second kappa shape index (κ2) is 7.47. The number of ether oxygens (including phenoxy) is 1. The van der Waals surface area contributed by atoms with Gasteiger partial charge in [0.15, 0.2) is 0 Å². The van der Waals surface area contributed by atoms with Gasteiger partial charge in [-0.2, -0.15) is 0 Å². The zero-order valence-corrected chi connectivity index (χ0v) is 15.6. The Labute approximate surface area is 154 Å². The maximum absolute atomic E-state index is 10.9. The first-order valence-corrected chi connectivity index (χ1v) is 8.46. The second-order valence-electron chi connectivity index (χ2n) is 4.60. The molecular formula is C15H13I2NO4. The maximum Gasteiger partial charge on any atom is 0.320 e. The van der Waals surface area contributed by atoms with E-state index >= 15 is 0 Å². The van der Waals surface area contributed by atoms with Gasteiger partial charge in [-0.25, -0.2) is 0 Å². The molecule has 0 saturated carbocycles. The molecule has 0 aliphatic rings. The van der Waals surface area contributed by atoms with Gasteiger partial charge in [-0.1, -0.05) is 6.07 Å². The molecule has 0 saturated heterocycles. The number of hydrogen-bond acceptors (Lipinski definition) is 4. The normalized spacial score (nSPS) is 12.0. The van der Waals surface area contributed by atoms with E-state index < -0.39 is 12.0 Å². The zero-order valence-electron chi connectivity index (χ0n) is 11.3. The molecule has 1 unspecified atom stereocenters. The first kappa shape index (κ1) is 17.3. The molecule has 22 heavy (non-hydrogen) atoms. The number of benzene rings is 2. The summed E-state index contributed by atoms with van der Waals surface area (Å²) in [5.41, 5.74) is 6.46. The van der Waals surface area contributed by atoms with E-state index in [1.165, 1.54) is 0 Å². The highest BCUT2D eigenvalue weighted by Crippen LogP contribution is 2.32. The van der Waals surface area contributed by atoms with Crippen LogP contribution < -0.4 is 10.5 Å². The van der Waals surface area contributed by atoms with Gasteiger partial charge in [-0.15, -0.1) is 0 Å². The molecule has 0 heterocycles. The predicted octanol–water partition coefficient (Wildman–Crippen LogP) is 3.35. The minimum atomic E-state index is -1.02. The van der Waals surface area contributed by atoms with E-state index in [1.54, 1.807) is 30.3 Å². The standard InChI is InChI=1S/C15H13I2NO4/c16-13-8(7-11(18)15(20)21)1-6-12(14(13)17)22-10-4-2-9(19)3-5-10/h1-6,11,19H,7,18H2,(H,20,21). The topological polar surface area (TPSA) is 92.8 Å². The molecule has 0 aromatic heterocycles. The fourth-order valence-corrected chi connectivity index (χ4v) is 3.08. The third-order valence-electron chi connectivity index (χ3n) is 2.95. The van der Waals surface area contributed by atoms with Crippen molar-refractivity contribution in [1.29, 1.82) is 0 Å². The summed E-state index contributed by atoms with van der Waals surface area (Å²) in [5.74, 6) is 0.440. The lowest BCUT2D eigenvalue weighted by atomic mass is 10.1. The van der Waals surface area contributed by atoms with E-state index in [0.717, 1.165) is 12.7 Å². The number of phenols is 1. The summed E-state index contributed by atoms with van der Waals surface area (Å²) in [6.07, 6.45) is 0.267. The van der Waals surface area contributed by atoms with Gasteiger partial charge in [0.05, 0.1) is 3.57 Å². The van der Waals surface area contributed by atoms with Gasteiger partial charge in [0, 0.05) is 3.57 Å². The molecule has 1 atom stereocenters. The van der Waals surface area contributed by atoms with E-state index in [2.05, 4.69) is 45.2 Å². The predicted molar refractivity (Wildman–Crippen MR) is 99.4 cm³/mol. The molecular weight excluding hydrogens is 512 g/mol. The molecule has 2 rings (SSSR count).